The number of rotatable bonds is 1. The monoisotopic (exact) mass is 634 g/mol. The highest BCUT2D eigenvalue weighted by molar-refractivity contribution is 5.94. The summed E-state index contributed by atoms with van der Waals surface area (Å²) >= 11 is 0. The van der Waals surface area contributed by atoms with Crippen molar-refractivity contribution in [3.63, 3.8) is 0 Å². The molecule has 4 saturated heterocycles. The van der Waals surface area contributed by atoms with Crippen molar-refractivity contribution < 1.29 is 9.59 Å². The first-order valence-corrected chi connectivity index (χ1v) is 17.7. The van der Waals surface area contributed by atoms with Crippen LogP contribution in [0.3, 0.4) is 0 Å². The first kappa shape index (κ1) is 41.4. The van der Waals surface area contributed by atoms with Crippen molar-refractivity contribution in [2.24, 2.45) is 11.3 Å². The first-order chi connectivity index (χ1) is 20.1. The smallest absolute Gasteiger partial charge is 0.247 e. The van der Waals surface area contributed by atoms with E-state index in [1.54, 1.807) is 11.9 Å². The molecule has 45 heavy (non-hydrogen) atoms. The Morgan fingerprint density at radius 3 is 1.31 bits per heavy atom. The Balaban J connectivity index is 0.000000303. The van der Waals surface area contributed by atoms with E-state index >= 15 is 0 Å². The Morgan fingerprint density at radius 1 is 0.711 bits per heavy atom. The highest BCUT2D eigenvalue weighted by Gasteiger charge is 2.44. The van der Waals surface area contributed by atoms with Gasteiger partial charge in [-0.1, -0.05) is 34.3 Å². The molecule has 0 aromatic heterocycles. The lowest BCUT2D eigenvalue weighted by molar-refractivity contribution is -0.151. The van der Waals surface area contributed by atoms with Gasteiger partial charge in [0.1, 0.15) is 6.04 Å². The van der Waals surface area contributed by atoms with Crippen LogP contribution in [0.1, 0.15) is 143 Å². The van der Waals surface area contributed by atoms with Crippen molar-refractivity contribution in [1.29, 1.82) is 0 Å². The summed E-state index contributed by atoms with van der Waals surface area (Å²) < 4.78 is 0. The zero-order chi connectivity index (χ0) is 35.5. The molecule has 0 spiro atoms. The van der Waals surface area contributed by atoms with Gasteiger partial charge in [0, 0.05) is 58.8 Å². The summed E-state index contributed by atoms with van der Waals surface area (Å²) in [5, 5.41) is 2.76. The molecular weight excluding hydrogens is 558 g/mol. The number of hydrogen-bond acceptors (Lipinski definition) is 5. The van der Waals surface area contributed by atoms with Gasteiger partial charge in [-0.2, -0.15) is 0 Å². The number of likely N-dealkylation sites (tertiary alicyclic amines) is 4. The third kappa shape index (κ3) is 11.3. The lowest BCUT2D eigenvalue weighted by Gasteiger charge is -2.56. The molecule has 0 aromatic carbocycles. The Labute approximate surface area is 279 Å². The van der Waals surface area contributed by atoms with Crippen molar-refractivity contribution in [2.45, 2.75) is 190 Å². The summed E-state index contributed by atoms with van der Waals surface area (Å²) in [6.45, 7) is 43.8. The topological polar surface area (TPSA) is 59.1 Å². The number of carbonyl (C=O) groups excluding carboxylic acids is 2. The molecule has 6 unspecified atom stereocenters. The molecular formula is C38H75N5O2. The number of β-lactam (4-membered cyclic amide) rings is 1. The van der Waals surface area contributed by atoms with Crippen LogP contribution >= 0.6 is 0 Å². The number of nitrogens with one attached hydrogen (secondary N) is 1. The van der Waals surface area contributed by atoms with Gasteiger partial charge in [-0.3, -0.25) is 19.4 Å². The molecule has 4 aliphatic heterocycles. The van der Waals surface area contributed by atoms with Gasteiger partial charge in [0.05, 0.1) is 6.04 Å². The fourth-order valence-electron chi connectivity index (χ4n) is 7.11. The van der Waals surface area contributed by atoms with E-state index in [2.05, 4.69) is 117 Å². The Kier molecular flexibility index (Phi) is 14.3. The molecule has 0 aliphatic carbocycles. The molecule has 4 rings (SSSR count). The Morgan fingerprint density at radius 2 is 1.11 bits per heavy atom. The van der Waals surface area contributed by atoms with E-state index in [4.69, 9.17) is 0 Å². The average Bonchev–Trinajstić information content (AvgIpc) is 3.54. The summed E-state index contributed by atoms with van der Waals surface area (Å²) in [7, 11) is 1.74. The number of nitrogens with zero attached hydrogens (tertiary/aromatic N) is 4. The maximum absolute atomic E-state index is 11.6. The number of likely N-dealkylation sites (N-methyl/N-ethyl adjacent to an activating group) is 1. The minimum atomic E-state index is -0.436. The second-order valence-corrected chi connectivity index (χ2v) is 18.2. The molecule has 264 valence electrons. The largest absolute Gasteiger partial charge is 0.367 e. The standard InChI is InChI=1S/C10H18N2O2.C10H19N.2C9H19N/c1-6-7(8(13)12(6)5)11-9(14)10(2,3)4;1-7-8(2)11(9(7)3)10(4,5)6;2*1-8-6-5-7-10(8)9(2,3)4/h6-7H,1-5H3,(H,11,14);7,9H,2H2,1,3-6H3;2*8H,5-7H2,1-4H3. The fourth-order valence-corrected chi connectivity index (χ4v) is 7.11. The summed E-state index contributed by atoms with van der Waals surface area (Å²) in [5.74, 6) is 0.597. The lowest BCUT2D eigenvalue weighted by atomic mass is 9.83. The second kappa shape index (κ2) is 15.5. The van der Waals surface area contributed by atoms with Crippen LogP contribution in [-0.2, 0) is 9.59 Å². The fraction of sp³-hybridized carbons (Fsp3) is 0.895. The van der Waals surface area contributed by atoms with E-state index in [1.165, 1.54) is 44.5 Å². The zero-order valence-electron chi connectivity index (χ0n) is 33.0. The second-order valence-electron chi connectivity index (χ2n) is 18.2. The Hall–Kier alpha value is -1.60. The highest BCUT2D eigenvalue weighted by Crippen LogP contribution is 2.40. The van der Waals surface area contributed by atoms with Crippen LogP contribution in [-0.4, -0.2) is 98.4 Å². The molecule has 1 N–H and O–H groups in total. The predicted octanol–water partition coefficient (Wildman–Crippen LogP) is 7.56. The predicted molar refractivity (Wildman–Crippen MR) is 193 cm³/mol. The molecule has 6 atom stereocenters. The van der Waals surface area contributed by atoms with Crippen LogP contribution < -0.4 is 5.32 Å². The highest BCUT2D eigenvalue weighted by atomic mass is 16.2. The lowest BCUT2D eigenvalue weighted by Crippen LogP contribution is -2.68. The van der Waals surface area contributed by atoms with Crippen molar-refractivity contribution in [3.8, 4) is 0 Å². The van der Waals surface area contributed by atoms with Crippen molar-refractivity contribution in [1.82, 2.24) is 24.9 Å². The molecule has 0 saturated carbocycles. The van der Waals surface area contributed by atoms with Crippen LogP contribution in [0, 0.1) is 11.3 Å². The number of hydrogen-bond donors (Lipinski definition) is 1. The van der Waals surface area contributed by atoms with Gasteiger partial charge in [0.2, 0.25) is 11.8 Å². The van der Waals surface area contributed by atoms with Gasteiger partial charge in [-0.25, -0.2) is 0 Å². The van der Waals surface area contributed by atoms with Crippen molar-refractivity contribution in [2.75, 3.05) is 20.1 Å². The minimum Gasteiger partial charge on any atom is -0.367 e. The summed E-state index contributed by atoms with van der Waals surface area (Å²) in [6.07, 6.45) is 5.55. The van der Waals surface area contributed by atoms with Crippen LogP contribution in [0.2, 0.25) is 0 Å². The van der Waals surface area contributed by atoms with E-state index < -0.39 is 5.41 Å². The van der Waals surface area contributed by atoms with E-state index in [0.29, 0.717) is 23.0 Å². The van der Waals surface area contributed by atoms with Gasteiger partial charge in [-0.05, 0) is 129 Å². The third-order valence-corrected chi connectivity index (χ3v) is 10.2. The van der Waals surface area contributed by atoms with Gasteiger partial charge in [0.15, 0.2) is 0 Å². The van der Waals surface area contributed by atoms with Gasteiger partial charge in [-0.15, -0.1) is 0 Å². The quantitative estimate of drug-likeness (QED) is 0.302. The Bertz CT molecular complexity index is 950. The van der Waals surface area contributed by atoms with Crippen molar-refractivity contribution in [3.05, 3.63) is 12.3 Å². The maximum atomic E-state index is 11.6. The van der Waals surface area contributed by atoms with Crippen LogP contribution in [0.5, 0.6) is 0 Å². The van der Waals surface area contributed by atoms with E-state index in [1.807, 2.05) is 27.7 Å². The normalized spacial score (nSPS) is 29.4. The van der Waals surface area contributed by atoms with E-state index in [0.717, 1.165) is 12.1 Å². The van der Waals surface area contributed by atoms with Gasteiger partial charge >= 0.3 is 0 Å². The molecule has 0 aromatic rings. The van der Waals surface area contributed by atoms with Crippen LogP contribution in [0.15, 0.2) is 12.3 Å². The molecule has 0 radical (unpaired) electrons. The first-order valence-electron chi connectivity index (χ1n) is 17.7. The van der Waals surface area contributed by atoms with Crippen LogP contribution in [0.4, 0.5) is 0 Å². The molecule has 2 amide bonds. The molecule has 4 fully saturated rings. The SMILES string of the molecule is C=C1C(C)C(C)N1C(C)(C)C.CC1C(NC(=O)C(C)(C)C)C(=O)N1C.CC1CCCN1C(C)(C)C.CC1CCCN1C(C)(C)C. The summed E-state index contributed by atoms with van der Waals surface area (Å²) in [4.78, 5) is 32.1. The van der Waals surface area contributed by atoms with E-state index in [-0.39, 0.29) is 29.4 Å². The third-order valence-electron chi connectivity index (χ3n) is 10.2. The maximum Gasteiger partial charge on any atom is 0.247 e. The molecule has 0 bridgehead atoms. The van der Waals surface area contributed by atoms with Crippen LogP contribution in [0.25, 0.3) is 0 Å². The minimum absolute atomic E-state index is 0.00454. The summed E-state index contributed by atoms with van der Waals surface area (Å²) in [5.41, 5.74) is 1.88. The van der Waals surface area contributed by atoms with Gasteiger partial charge < -0.3 is 15.1 Å². The number of amides is 2. The van der Waals surface area contributed by atoms with E-state index in [9.17, 15) is 9.59 Å². The summed E-state index contributed by atoms with van der Waals surface area (Å²) in [6, 6.07) is 2.06. The van der Waals surface area contributed by atoms with Gasteiger partial charge in [0.25, 0.3) is 0 Å². The molecule has 4 heterocycles. The molecule has 4 aliphatic rings. The molecule has 7 nitrogen and oxygen atoms in total. The zero-order valence-corrected chi connectivity index (χ0v) is 33.0. The van der Waals surface area contributed by atoms with Crippen molar-refractivity contribution >= 4 is 11.8 Å². The average molecular weight is 634 g/mol. The number of carbonyl (C=O) groups is 2. The molecule has 7 heteroatoms.